The van der Waals surface area contributed by atoms with Crippen LogP contribution in [0.3, 0.4) is 0 Å². The standard InChI is InChI=1S/C27H29F3N2O5/c1-15-20(23(34)26(12-9-13-31-26)14-19(33)37-25(3,4)5)22(21(16(2)32-15)24(35)36-6)17-10-7-8-11-18(17)27(28,29)30/h7-13,21-22H,14H2,1-6H3. The van der Waals surface area contributed by atoms with Crippen LogP contribution < -0.4 is 0 Å². The molecule has 0 saturated carbocycles. The number of carbonyl (C=O) groups excluding carboxylic acids is 3. The number of allylic oxidation sites excluding steroid dienone is 2. The second-order valence-electron chi connectivity index (χ2n) is 9.97. The molecule has 0 aromatic heterocycles. The quantitative estimate of drug-likeness (QED) is 0.494. The summed E-state index contributed by atoms with van der Waals surface area (Å²) in [6.45, 7) is 7.99. The zero-order valence-electron chi connectivity index (χ0n) is 21.5. The van der Waals surface area contributed by atoms with Crippen LogP contribution in [-0.4, -0.2) is 47.9 Å². The molecule has 198 valence electrons. The Bertz CT molecular complexity index is 1220. The number of hydrogen-bond donors (Lipinski definition) is 0. The molecule has 0 saturated heterocycles. The van der Waals surface area contributed by atoms with Gasteiger partial charge in [-0.3, -0.25) is 24.4 Å². The Morgan fingerprint density at radius 2 is 1.73 bits per heavy atom. The highest BCUT2D eigenvalue weighted by Gasteiger charge is 2.50. The van der Waals surface area contributed by atoms with Crippen LogP contribution in [0.1, 0.15) is 58.1 Å². The Morgan fingerprint density at radius 3 is 2.27 bits per heavy atom. The molecule has 0 aliphatic carbocycles. The van der Waals surface area contributed by atoms with E-state index in [-0.39, 0.29) is 22.5 Å². The molecule has 0 bridgehead atoms. The normalized spacial score (nSPS) is 23.6. The number of alkyl halides is 3. The van der Waals surface area contributed by atoms with Crippen LogP contribution in [0.5, 0.6) is 0 Å². The molecule has 3 rings (SSSR count). The van der Waals surface area contributed by atoms with Crippen molar-refractivity contribution in [1.82, 2.24) is 0 Å². The monoisotopic (exact) mass is 518 g/mol. The van der Waals surface area contributed by atoms with Crippen LogP contribution >= 0.6 is 0 Å². The predicted octanol–water partition coefficient (Wildman–Crippen LogP) is 5.01. The minimum Gasteiger partial charge on any atom is -0.468 e. The molecule has 37 heavy (non-hydrogen) atoms. The van der Waals surface area contributed by atoms with Gasteiger partial charge in [-0.25, -0.2) is 0 Å². The molecular weight excluding hydrogens is 489 g/mol. The second-order valence-corrected chi connectivity index (χ2v) is 9.97. The fraction of sp³-hybridized carbons (Fsp3) is 0.444. The Labute approximate surface area is 213 Å². The number of halogens is 3. The minimum absolute atomic E-state index is 0.128. The average Bonchev–Trinajstić information content (AvgIpc) is 3.25. The van der Waals surface area contributed by atoms with Crippen LogP contribution in [0.25, 0.3) is 0 Å². The van der Waals surface area contributed by atoms with Gasteiger partial charge in [0.25, 0.3) is 0 Å². The smallest absolute Gasteiger partial charge is 0.416 e. The number of carbonyl (C=O) groups is 3. The van der Waals surface area contributed by atoms with Gasteiger partial charge in [0, 0.05) is 29.1 Å². The Hall–Kier alpha value is -3.56. The number of ketones is 1. The molecule has 2 heterocycles. The maximum atomic E-state index is 14.2. The second kappa shape index (κ2) is 10.1. The number of rotatable bonds is 6. The minimum atomic E-state index is -4.76. The third-order valence-electron chi connectivity index (χ3n) is 6.12. The van der Waals surface area contributed by atoms with Crippen molar-refractivity contribution in [3.8, 4) is 0 Å². The van der Waals surface area contributed by atoms with Gasteiger partial charge in [0.05, 0.1) is 19.1 Å². The van der Waals surface area contributed by atoms with Crippen molar-refractivity contribution in [2.45, 2.75) is 64.3 Å². The fourth-order valence-corrected chi connectivity index (χ4v) is 4.70. The predicted molar refractivity (Wildman–Crippen MR) is 131 cm³/mol. The SMILES string of the molecule is COC(=O)C1C(C)=NC(C)=C(C(=O)C2(CC(=O)OC(C)(C)C)C=CC=N2)C1c1ccccc1C(F)(F)F. The van der Waals surface area contributed by atoms with E-state index in [0.717, 1.165) is 13.2 Å². The van der Waals surface area contributed by atoms with Crippen molar-refractivity contribution in [2.75, 3.05) is 7.11 Å². The zero-order chi connectivity index (χ0) is 27.8. The van der Waals surface area contributed by atoms with Gasteiger partial charge >= 0.3 is 18.1 Å². The van der Waals surface area contributed by atoms with Gasteiger partial charge in [-0.1, -0.05) is 18.2 Å². The molecule has 3 atom stereocenters. The Balaban J connectivity index is 2.23. The first kappa shape index (κ1) is 28.0. The number of hydrogen-bond acceptors (Lipinski definition) is 7. The molecule has 0 amide bonds. The van der Waals surface area contributed by atoms with E-state index in [1.807, 2.05) is 0 Å². The van der Waals surface area contributed by atoms with Crippen LogP contribution in [0.2, 0.25) is 0 Å². The largest absolute Gasteiger partial charge is 0.468 e. The first-order valence-electron chi connectivity index (χ1n) is 11.6. The summed E-state index contributed by atoms with van der Waals surface area (Å²) in [5.74, 6) is -4.98. The molecule has 3 unspecified atom stereocenters. The van der Waals surface area contributed by atoms with Gasteiger partial charge in [-0.05, 0) is 58.4 Å². The summed E-state index contributed by atoms with van der Waals surface area (Å²) in [5, 5.41) is 0. The van der Waals surface area contributed by atoms with E-state index in [1.165, 1.54) is 50.4 Å². The van der Waals surface area contributed by atoms with Crippen LogP contribution in [0.4, 0.5) is 13.2 Å². The van der Waals surface area contributed by atoms with Crippen LogP contribution in [0, 0.1) is 5.92 Å². The number of esters is 2. The van der Waals surface area contributed by atoms with Crippen molar-refractivity contribution in [3.63, 3.8) is 0 Å². The van der Waals surface area contributed by atoms with E-state index < -0.39 is 58.9 Å². The maximum Gasteiger partial charge on any atom is 0.416 e. The molecule has 2 aliphatic rings. The van der Waals surface area contributed by atoms with E-state index in [2.05, 4.69) is 9.98 Å². The summed E-state index contributed by atoms with van der Waals surface area (Å²) in [7, 11) is 1.11. The van der Waals surface area contributed by atoms with E-state index >= 15 is 0 Å². The zero-order valence-corrected chi connectivity index (χ0v) is 21.5. The lowest BCUT2D eigenvalue weighted by Gasteiger charge is -2.36. The first-order valence-corrected chi connectivity index (χ1v) is 11.6. The number of methoxy groups -OCH3 is 1. The molecular formula is C27H29F3N2O5. The molecule has 0 fully saturated rings. The van der Waals surface area contributed by atoms with Crippen molar-refractivity contribution in [1.29, 1.82) is 0 Å². The van der Waals surface area contributed by atoms with E-state index in [9.17, 15) is 27.6 Å². The van der Waals surface area contributed by atoms with Crippen molar-refractivity contribution in [2.24, 2.45) is 15.9 Å². The van der Waals surface area contributed by atoms with Crippen LogP contribution in [-0.2, 0) is 30.0 Å². The van der Waals surface area contributed by atoms with Crippen LogP contribution in [0.15, 0.2) is 57.7 Å². The topological polar surface area (TPSA) is 94.4 Å². The lowest BCUT2D eigenvalue weighted by Crippen LogP contribution is -2.44. The molecule has 2 aliphatic heterocycles. The third-order valence-corrected chi connectivity index (χ3v) is 6.12. The number of Topliss-reactive ketones (excluding diaryl/α,β-unsaturated/α-hetero) is 1. The van der Waals surface area contributed by atoms with Crippen molar-refractivity contribution in [3.05, 3.63) is 58.8 Å². The third kappa shape index (κ3) is 5.73. The van der Waals surface area contributed by atoms with E-state index in [4.69, 9.17) is 9.47 Å². The summed E-state index contributed by atoms with van der Waals surface area (Å²) in [6, 6.07) is 4.76. The molecule has 10 heteroatoms. The van der Waals surface area contributed by atoms with E-state index in [1.54, 1.807) is 20.8 Å². The lowest BCUT2D eigenvalue weighted by molar-refractivity contribution is -0.156. The van der Waals surface area contributed by atoms with Gasteiger partial charge in [0.1, 0.15) is 11.5 Å². The first-order chi connectivity index (χ1) is 17.1. The van der Waals surface area contributed by atoms with Crippen molar-refractivity contribution < 1.29 is 37.0 Å². The lowest BCUT2D eigenvalue weighted by atomic mass is 9.70. The fourth-order valence-electron chi connectivity index (χ4n) is 4.70. The number of ether oxygens (including phenoxy) is 2. The number of nitrogens with zero attached hydrogens (tertiary/aromatic N) is 2. The maximum absolute atomic E-state index is 14.2. The summed E-state index contributed by atoms with van der Waals surface area (Å²) in [4.78, 5) is 48.4. The van der Waals surface area contributed by atoms with Gasteiger partial charge in [0.15, 0.2) is 11.3 Å². The molecule has 0 N–H and O–H groups in total. The van der Waals surface area contributed by atoms with Gasteiger partial charge in [-0.15, -0.1) is 0 Å². The Kier molecular flexibility index (Phi) is 7.62. The van der Waals surface area contributed by atoms with Gasteiger partial charge in [0.2, 0.25) is 0 Å². The van der Waals surface area contributed by atoms with E-state index in [0.29, 0.717) is 0 Å². The van der Waals surface area contributed by atoms with Gasteiger partial charge in [-0.2, -0.15) is 13.2 Å². The average molecular weight is 519 g/mol. The van der Waals surface area contributed by atoms with Crippen molar-refractivity contribution >= 4 is 29.6 Å². The highest BCUT2D eigenvalue weighted by molar-refractivity contribution is 6.13. The summed E-state index contributed by atoms with van der Waals surface area (Å²) in [5.41, 5.74) is -3.68. The number of benzene rings is 1. The molecule has 0 radical (unpaired) electrons. The molecule has 1 aromatic carbocycles. The van der Waals surface area contributed by atoms with Gasteiger partial charge < -0.3 is 9.47 Å². The molecule has 0 spiro atoms. The number of aliphatic imine (C=N–C) groups is 2. The highest BCUT2D eigenvalue weighted by atomic mass is 19.4. The highest BCUT2D eigenvalue weighted by Crippen LogP contribution is 2.46. The molecule has 7 nitrogen and oxygen atoms in total. The Morgan fingerprint density at radius 1 is 1.08 bits per heavy atom. The summed E-state index contributed by atoms with van der Waals surface area (Å²) < 4.78 is 52.6. The summed E-state index contributed by atoms with van der Waals surface area (Å²) in [6.07, 6.45) is -1.02. The molecule has 1 aromatic rings. The summed E-state index contributed by atoms with van der Waals surface area (Å²) >= 11 is 0.